The van der Waals surface area contributed by atoms with Crippen molar-refractivity contribution in [2.45, 2.75) is 96.2 Å². The molecule has 1 saturated heterocycles. The molecular weight excluding hydrogens is 485 g/mol. The van der Waals surface area contributed by atoms with Gasteiger partial charge in [0.1, 0.15) is 11.9 Å². The standard InChI is InChI=1S/C27H41F3N4O3/c1-26(13-17-34(18-14-26)19-15-27(28,29)30)25(37)33-22(24(35)36)10-6-4-2-3-5-9-21-12-11-20-8-7-16-31-23(20)32-21/h11-12,22H,2-10,13-19H2,1H3,(H,31,32)(H,33,37)(H,35,36)/t22-/m0/s1. The number of carbonyl (C=O) groups is 2. The van der Waals surface area contributed by atoms with Gasteiger partial charge in [0.25, 0.3) is 0 Å². The number of anilines is 1. The zero-order valence-electron chi connectivity index (χ0n) is 21.8. The van der Waals surface area contributed by atoms with Gasteiger partial charge in [-0.15, -0.1) is 0 Å². The maximum atomic E-state index is 12.9. The highest BCUT2D eigenvalue weighted by Gasteiger charge is 2.39. The Bertz CT molecular complexity index is 901. The Kier molecular flexibility index (Phi) is 10.6. The average molecular weight is 527 g/mol. The number of aryl methyl sites for hydroxylation is 2. The Morgan fingerprint density at radius 2 is 1.86 bits per heavy atom. The van der Waals surface area contributed by atoms with Gasteiger partial charge in [-0.2, -0.15) is 13.2 Å². The van der Waals surface area contributed by atoms with Crippen LogP contribution in [0.4, 0.5) is 19.0 Å². The lowest BCUT2D eigenvalue weighted by atomic mass is 9.79. The molecule has 0 bridgehead atoms. The van der Waals surface area contributed by atoms with E-state index in [1.807, 2.05) is 0 Å². The number of carboxylic acid groups (broad SMARTS) is 1. The van der Waals surface area contributed by atoms with E-state index in [4.69, 9.17) is 4.98 Å². The van der Waals surface area contributed by atoms with Gasteiger partial charge in [-0.05, 0) is 69.7 Å². The number of carboxylic acids is 1. The number of likely N-dealkylation sites (tertiary alicyclic amines) is 1. The van der Waals surface area contributed by atoms with Crippen molar-refractivity contribution in [1.29, 1.82) is 0 Å². The largest absolute Gasteiger partial charge is 0.480 e. The van der Waals surface area contributed by atoms with Crippen LogP contribution in [0, 0.1) is 5.41 Å². The maximum absolute atomic E-state index is 12.9. The number of aromatic nitrogens is 1. The fourth-order valence-corrected chi connectivity index (χ4v) is 5.06. The molecule has 0 saturated carbocycles. The Morgan fingerprint density at radius 3 is 2.57 bits per heavy atom. The summed E-state index contributed by atoms with van der Waals surface area (Å²) >= 11 is 0. The molecule has 10 heteroatoms. The summed E-state index contributed by atoms with van der Waals surface area (Å²) in [5.41, 5.74) is 1.62. The fraction of sp³-hybridized carbons (Fsp3) is 0.741. The van der Waals surface area contributed by atoms with E-state index < -0.39 is 30.0 Å². The first-order chi connectivity index (χ1) is 17.6. The molecule has 0 aromatic carbocycles. The number of nitrogens with zero attached hydrogens (tertiary/aromatic N) is 2. The van der Waals surface area contributed by atoms with Gasteiger partial charge >= 0.3 is 12.1 Å². The monoisotopic (exact) mass is 526 g/mol. The fourth-order valence-electron chi connectivity index (χ4n) is 5.06. The van der Waals surface area contributed by atoms with Crippen molar-refractivity contribution in [3.63, 3.8) is 0 Å². The van der Waals surface area contributed by atoms with Crippen LogP contribution in [-0.2, 0) is 22.4 Å². The summed E-state index contributed by atoms with van der Waals surface area (Å²) in [5, 5.41) is 15.7. The van der Waals surface area contributed by atoms with Crippen LogP contribution in [0.25, 0.3) is 0 Å². The third kappa shape index (κ3) is 9.47. The molecule has 3 heterocycles. The van der Waals surface area contributed by atoms with E-state index in [2.05, 4.69) is 22.8 Å². The van der Waals surface area contributed by atoms with Crippen molar-refractivity contribution in [3.8, 4) is 0 Å². The third-order valence-electron chi connectivity index (χ3n) is 7.70. The lowest BCUT2D eigenvalue weighted by Gasteiger charge is -2.38. The predicted molar refractivity (Wildman–Crippen MR) is 136 cm³/mol. The Hall–Kier alpha value is -2.36. The number of hydrogen-bond acceptors (Lipinski definition) is 5. The number of rotatable bonds is 13. The maximum Gasteiger partial charge on any atom is 0.390 e. The van der Waals surface area contributed by atoms with E-state index in [9.17, 15) is 27.9 Å². The molecule has 2 aliphatic heterocycles. The quantitative estimate of drug-likeness (QED) is 0.315. The van der Waals surface area contributed by atoms with Gasteiger partial charge in [0.15, 0.2) is 0 Å². The highest BCUT2D eigenvalue weighted by molar-refractivity contribution is 5.87. The van der Waals surface area contributed by atoms with E-state index in [0.717, 1.165) is 63.0 Å². The second kappa shape index (κ2) is 13.4. The number of pyridine rings is 1. The van der Waals surface area contributed by atoms with Crippen LogP contribution in [-0.4, -0.2) is 65.3 Å². The summed E-state index contributed by atoms with van der Waals surface area (Å²) in [5.74, 6) is -0.347. The van der Waals surface area contributed by atoms with Gasteiger partial charge in [-0.25, -0.2) is 9.78 Å². The van der Waals surface area contributed by atoms with Gasteiger partial charge in [0.05, 0.1) is 6.42 Å². The minimum absolute atomic E-state index is 0.0695. The normalized spacial score (nSPS) is 18.5. The van der Waals surface area contributed by atoms with Gasteiger partial charge in [-0.1, -0.05) is 38.7 Å². The minimum atomic E-state index is -4.19. The molecule has 0 radical (unpaired) electrons. The number of fused-ring (bicyclic) bond motifs is 1. The van der Waals surface area contributed by atoms with Gasteiger partial charge in [0.2, 0.25) is 5.91 Å². The molecule has 1 fully saturated rings. The number of carbonyl (C=O) groups excluding carboxylic acids is 1. The number of aliphatic carboxylic acids is 1. The van der Waals surface area contributed by atoms with Crippen molar-refractivity contribution >= 4 is 17.7 Å². The molecule has 3 rings (SSSR count). The topological polar surface area (TPSA) is 94.6 Å². The summed E-state index contributed by atoms with van der Waals surface area (Å²) in [6.07, 6.45) is 3.96. The number of piperidine rings is 1. The van der Waals surface area contributed by atoms with Gasteiger partial charge in [-0.3, -0.25) is 4.79 Å². The van der Waals surface area contributed by atoms with Crippen molar-refractivity contribution < 1.29 is 27.9 Å². The lowest BCUT2D eigenvalue weighted by Crippen LogP contribution is -2.51. The summed E-state index contributed by atoms with van der Waals surface area (Å²) < 4.78 is 37.4. The Labute approximate surface area is 217 Å². The Morgan fingerprint density at radius 1 is 1.16 bits per heavy atom. The van der Waals surface area contributed by atoms with Gasteiger partial charge < -0.3 is 20.6 Å². The molecule has 0 aliphatic carbocycles. The number of hydrogen-bond donors (Lipinski definition) is 3. The van der Waals surface area contributed by atoms with Crippen molar-refractivity contribution in [2.24, 2.45) is 5.41 Å². The number of amides is 1. The van der Waals surface area contributed by atoms with Crippen LogP contribution >= 0.6 is 0 Å². The van der Waals surface area contributed by atoms with Crippen LogP contribution in [0.1, 0.15) is 82.4 Å². The van der Waals surface area contributed by atoms with E-state index >= 15 is 0 Å². The van der Waals surface area contributed by atoms with E-state index in [1.165, 1.54) is 5.56 Å². The summed E-state index contributed by atoms with van der Waals surface area (Å²) in [7, 11) is 0. The highest BCUT2D eigenvalue weighted by Crippen LogP contribution is 2.32. The zero-order chi connectivity index (χ0) is 26.9. The van der Waals surface area contributed by atoms with Crippen LogP contribution in [0.3, 0.4) is 0 Å². The summed E-state index contributed by atoms with van der Waals surface area (Å²) in [4.78, 5) is 31.0. The number of nitrogens with one attached hydrogen (secondary N) is 2. The zero-order valence-corrected chi connectivity index (χ0v) is 21.8. The summed E-state index contributed by atoms with van der Waals surface area (Å²) in [6.45, 7) is 3.48. The average Bonchev–Trinajstić information content (AvgIpc) is 2.86. The molecule has 3 N–H and O–H groups in total. The van der Waals surface area contributed by atoms with E-state index in [-0.39, 0.29) is 12.5 Å². The second-order valence-electron chi connectivity index (χ2n) is 10.8. The van der Waals surface area contributed by atoms with Crippen LogP contribution < -0.4 is 10.6 Å². The molecule has 1 aromatic heterocycles. The minimum Gasteiger partial charge on any atom is -0.480 e. The molecule has 1 aromatic rings. The van der Waals surface area contributed by atoms with Crippen molar-refractivity contribution in [3.05, 3.63) is 23.4 Å². The molecule has 37 heavy (non-hydrogen) atoms. The van der Waals surface area contributed by atoms with E-state index in [1.54, 1.807) is 11.8 Å². The molecule has 1 amide bonds. The molecular formula is C27H41F3N4O3. The molecule has 208 valence electrons. The van der Waals surface area contributed by atoms with Crippen molar-refractivity contribution in [2.75, 3.05) is 31.5 Å². The van der Waals surface area contributed by atoms with Gasteiger partial charge in [0, 0.05) is 24.2 Å². The Balaban J connectivity index is 1.32. The number of alkyl halides is 3. The van der Waals surface area contributed by atoms with Crippen LogP contribution in [0.15, 0.2) is 12.1 Å². The molecule has 1 atom stereocenters. The molecule has 0 spiro atoms. The van der Waals surface area contributed by atoms with Crippen molar-refractivity contribution in [1.82, 2.24) is 15.2 Å². The van der Waals surface area contributed by atoms with E-state index in [0.29, 0.717) is 38.8 Å². The first-order valence-electron chi connectivity index (χ1n) is 13.6. The number of halogens is 3. The first-order valence-corrected chi connectivity index (χ1v) is 13.6. The second-order valence-corrected chi connectivity index (χ2v) is 10.8. The van der Waals surface area contributed by atoms with Crippen LogP contribution in [0.5, 0.6) is 0 Å². The highest BCUT2D eigenvalue weighted by atomic mass is 19.4. The lowest BCUT2D eigenvalue weighted by molar-refractivity contribution is -0.145. The smallest absolute Gasteiger partial charge is 0.390 e. The predicted octanol–water partition coefficient (Wildman–Crippen LogP) is 4.95. The first kappa shape index (κ1) is 29.2. The molecule has 0 unspecified atom stereocenters. The molecule has 2 aliphatic rings. The summed E-state index contributed by atoms with van der Waals surface area (Å²) in [6, 6.07) is 3.33. The molecule has 7 nitrogen and oxygen atoms in total. The number of unbranched alkanes of at least 4 members (excludes halogenated alkanes) is 4. The SMILES string of the molecule is CC1(C(=O)N[C@@H](CCCCCCCc2ccc3c(n2)NCCC3)C(=O)O)CCN(CCC(F)(F)F)CC1. The third-order valence-corrected chi connectivity index (χ3v) is 7.70. The van der Waals surface area contributed by atoms with Crippen LogP contribution in [0.2, 0.25) is 0 Å².